The maximum atomic E-state index is 11.3. The zero-order valence-corrected chi connectivity index (χ0v) is 12.0. The normalized spacial score (nSPS) is 13.4. The number of esters is 1. The minimum absolute atomic E-state index is 0.228. The quantitative estimate of drug-likeness (QED) is 0.637. The van der Waals surface area contributed by atoms with E-state index in [1.54, 1.807) is 24.3 Å². The number of allylic oxidation sites excluding steroid dienone is 1. The lowest BCUT2D eigenvalue weighted by Crippen LogP contribution is -2.14. The van der Waals surface area contributed by atoms with Gasteiger partial charge < -0.3 is 10.5 Å². The Morgan fingerprint density at radius 2 is 2.28 bits per heavy atom. The molecule has 0 aromatic carbocycles. The van der Waals surface area contributed by atoms with Crippen LogP contribution in [0.25, 0.3) is 5.57 Å². The molecule has 0 saturated heterocycles. The zero-order chi connectivity index (χ0) is 13.5. The van der Waals surface area contributed by atoms with Gasteiger partial charge in [-0.15, -0.1) is 11.3 Å². The molecule has 0 amide bonds. The van der Waals surface area contributed by atoms with E-state index < -0.39 is 0 Å². The summed E-state index contributed by atoms with van der Waals surface area (Å²) < 4.78 is 4.89. The molecule has 4 heteroatoms. The Balaban J connectivity index is 2.64. The lowest BCUT2D eigenvalue weighted by Gasteiger charge is -2.02. The number of hydrogen-bond donors (Lipinski definition) is 1. The molecule has 0 spiro atoms. The molecule has 0 bridgehead atoms. The van der Waals surface area contributed by atoms with Gasteiger partial charge in [0, 0.05) is 21.9 Å². The predicted molar refractivity (Wildman–Crippen MR) is 76.6 cm³/mol. The number of hydrogen-bond acceptors (Lipinski definition) is 4. The third kappa shape index (κ3) is 5.02. The van der Waals surface area contributed by atoms with Crippen LogP contribution >= 0.6 is 11.3 Å². The summed E-state index contributed by atoms with van der Waals surface area (Å²) in [6.45, 7) is 6.16. The van der Waals surface area contributed by atoms with Crippen LogP contribution in [0.15, 0.2) is 18.2 Å². The van der Waals surface area contributed by atoms with Crippen molar-refractivity contribution < 1.29 is 9.53 Å². The Bertz CT molecular complexity index is 421. The number of aryl methyl sites for hydroxylation is 1. The van der Waals surface area contributed by atoms with E-state index in [9.17, 15) is 4.79 Å². The van der Waals surface area contributed by atoms with Crippen molar-refractivity contribution >= 4 is 22.9 Å². The monoisotopic (exact) mass is 267 g/mol. The van der Waals surface area contributed by atoms with Gasteiger partial charge >= 0.3 is 5.97 Å². The highest BCUT2D eigenvalue weighted by atomic mass is 32.1. The second kappa shape index (κ2) is 7.34. The van der Waals surface area contributed by atoms with Crippen molar-refractivity contribution in [1.29, 1.82) is 0 Å². The molecular weight excluding hydrogens is 246 g/mol. The summed E-state index contributed by atoms with van der Waals surface area (Å²) in [7, 11) is 0. The third-order valence-electron chi connectivity index (χ3n) is 2.52. The molecule has 18 heavy (non-hydrogen) atoms. The topological polar surface area (TPSA) is 52.3 Å². The van der Waals surface area contributed by atoms with Crippen LogP contribution in [0.5, 0.6) is 0 Å². The molecule has 1 rings (SSSR count). The van der Waals surface area contributed by atoms with Gasteiger partial charge in [-0.05, 0) is 51.3 Å². The molecule has 0 radical (unpaired) electrons. The van der Waals surface area contributed by atoms with Crippen LogP contribution in [0.3, 0.4) is 0 Å². The van der Waals surface area contributed by atoms with E-state index in [1.807, 2.05) is 19.9 Å². The molecule has 0 aliphatic heterocycles. The molecule has 1 unspecified atom stereocenters. The summed E-state index contributed by atoms with van der Waals surface area (Å²) in [4.78, 5) is 13.8. The molecule has 1 aromatic rings. The number of thiophene rings is 1. The first kappa shape index (κ1) is 14.9. The minimum Gasteiger partial charge on any atom is -0.463 e. The van der Waals surface area contributed by atoms with Gasteiger partial charge in [-0.25, -0.2) is 4.79 Å². The summed E-state index contributed by atoms with van der Waals surface area (Å²) in [5.41, 5.74) is 6.69. The van der Waals surface area contributed by atoms with E-state index in [1.165, 1.54) is 4.88 Å². The molecule has 0 aliphatic carbocycles. The van der Waals surface area contributed by atoms with Gasteiger partial charge in [-0.3, -0.25) is 0 Å². The fourth-order valence-electron chi connectivity index (χ4n) is 1.53. The summed E-state index contributed by atoms with van der Waals surface area (Å²) in [5.74, 6) is -0.277. The first-order valence-electron chi connectivity index (χ1n) is 6.22. The van der Waals surface area contributed by atoms with Crippen LogP contribution in [0.2, 0.25) is 0 Å². The van der Waals surface area contributed by atoms with Crippen LogP contribution in [0, 0.1) is 0 Å². The van der Waals surface area contributed by atoms with Crippen molar-refractivity contribution in [3.8, 4) is 0 Å². The average Bonchev–Trinajstić information content (AvgIpc) is 2.75. The molecule has 0 fully saturated rings. The highest BCUT2D eigenvalue weighted by molar-refractivity contribution is 7.13. The standard InChI is InChI=1S/C14H21NO2S/c1-4-17-14(16)9-10(2)13-8-7-12(18-13)6-5-11(3)15/h7-9,11H,4-6,15H2,1-3H3/b10-9+. The van der Waals surface area contributed by atoms with Crippen molar-refractivity contribution in [2.45, 2.75) is 39.7 Å². The summed E-state index contributed by atoms with van der Waals surface area (Å²) in [6, 6.07) is 4.38. The Kier molecular flexibility index (Phi) is 6.09. The minimum atomic E-state index is -0.277. The lowest BCUT2D eigenvalue weighted by molar-refractivity contribution is -0.137. The number of nitrogens with two attached hydrogens (primary N) is 1. The molecule has 3 nitrogen and oxygen atoms in total. The van der Waals surface area contributed by atoms with E-state index in [2.05, 4.69) is 6.07 Å². The maximum absolute atomic E-state index is 11.3. The highest BCUT2D eigenvalue weighted by Gasteiger charge is 2.05. The number of rotatable bonds is 6. The molecule has 100 valence electrons. The van der Waals surface area contributed by atoms with E-state index >= 15 is 0 Å². The van der Waals surface area contributed by atoms with Gasteiger partial charge in [0.05, 0.1) is 6.61 Å². The first-order chi connectivity index (χ1) is 8.52. The van der Waals surface area contributed by atoms with Gasteiger partial charge in [0.15, 0.2) is 0 Å². The van der Waals surface area contributed by atoms with Gasteiger partial charge in [0.1, 0.15) is 0 Å². The van der Waals surface area contributed by atoms with Crippen molar-refractivity contribution in [3.63, 3.8) is 0 Å². The van der Waals surface area contributed by atoms with E-state index in [4.69, 9.17) is 10.5 Å². The van der Waals surface area contributed by atoms with Crippen molar-refractivity contribution in [1.82, 2.24) is 0 Å². The smallest absolute Gasteiger partial charge is 0.331 e. The Hall–Kier alpha value is -1.13. The van der Waals surface area contributed by atoms with Gasteiger partial charge in [-0.2, -0.15) is 0 Å². The van der Waals surface area contributed by atoms with Crippen LogP contribution in [0.1, 0.15) is 36.9 Å². The van der Waals surface area contributed by atoms with Crippen molar-refractivity contribution in [3.05, 3.63) is 28.0 Å². The van der Waals surface area contributed by atoms with Crippen LogP contribution in [-0.2, 0) is 16.0 Å². The second-order valence-electron chi connectivity index (χ2n) is 4.36. The number of ether oxygens (including phenoxy) is 1. The highest BCUT2D eigenvalue weighted by Crippen LogP contribution is 2.25. The second-order valence-corrected chi connectivity index (χ2v) is 5.53. The first-order valence-corrected chi connectivity index (χ1v) is 7.04. The van der Waals surface area contributed by atoms with Crippen molar-refractivity contribution in [2.75, 3.05) is 6.61 Å². The zero-order valence-electron chi connectivity index (χ0n) is 11.2. The molecule has 2 N–H and O–H groups in total. The summed E-state index contributed by atoms with van der Waals surface area (Å²) in [5, 5.41) is 0. The van der Waals surface area contributed by atoms with E-state index in [0.717, 1.165) is 23.3 Å². The Labute approximate surface area is 113 Å². The van der Waals surface area contributed by atoms with Gasteiger partial charge in [0.2, 0.25) is 0 Å². The maximum Gasteiger partial charge on any atom is 0.331 e. The van der Waals surface area contributed by atoms with Gasteiger partial charge in [0.25, 0.3) is 0 Å². The van der Waals surface area contributed by atoms with Gasteiger partial charge in [-0.1, -0.05) is 0 Å². The van der Waals surface area contributed by atoms with E-state index in [0.29, 0.717) is 6.61 Å². The van der Waals surface area contributed by atoms with E-state index in [-0.39, 0.29) is 12.0 Å². The Morgan fingerprint density at radius 1 is 1.56 bits per heavy atom. The largest absolute Gasteiger partial charge is 0.463 e. The average molecular weight is 267 g/mol. The SMILES string of the molecule is CCOC(=O)/C=C(\C)c1ccc(CCC(C)N)s1. The number of carbonyl (C=O) groups excluding carboxylic acids is 1. The molecule has 1 heterocycles. The summed E-state index contributed by atoms with van der Waals surface area (Å²) >= 11 is 1.71. The molecule has 0 saturated carbocycles. The number of carbonyl (C=O) groups is 1. The predicted octanol–water partition coefficient (Wildman–Crippen LogP) is 2.99. The molecule has 1 atom stereocenters. The lowest BCUT2D eigenvalue weighted by atomic mass is 10.2. The Morgan fingerprint density at radius 3 is 2.89 bits per heavy atom. The van der Waals surface area contributed by atoms with Crippen LogP contribution in [-0.4, -0.2) is 18.6 Å². The fraction of sp³-hybridized carbons (Fsp3) is 0.500. The molecular formula is C14H21NO2S. The summed E-state index contributed by atoms with van der Waals surface area (Å²) in [6.07, 6.45) is 3.53. The van der Waals surface area contributed by atoms with Crippen molar-refractivity contribution in [2.24, 2.45) is 5.73 Å². The van der Waals surface area contributed by atoms with Crippen LogP contribution in [0.4, 0.5) is 0 Å². The van der Waals surface area contributed by atoms with Crippen LogP contribution < -0.4 is 5.73 Å². The molecule has 1 aromatic heterocycles. The fourth-order valence-corrected chi connectivity index (χ4v) is 2.52. The molecule has 0 aliphatic rings. The third-order valence-corrected chi connectivity index (χ3v) is 3.80.